The van der Waals surface area contributed by atoms with Crippen LogP contribution >= 0.6 is 0 Å². The summed E-state index contributed by atoms with van der Waals surface area (Å²) in [4.78, 5) is 0. The number of hydrogen-bond acceptors (Lipinski definition) is 2. The predicted molar refractivity (Wildman–Crippen MR) is 75.9 cm³/mol. The van der Waals surface area contributed by atoms with Gasteiger partial charge in [0.2, 0.25) is 0 Å². The van der Waals surface area contributed by atoms with E-state index in [1.165, 1.54) is 0 Å². The third kappa shape index (κ3) is 1.22. The quantitative estimate of drug-likeness (QED) is 0.693. The Kier molecular flexibility index (Phi) is 2.02. The van der Waals surface area contributed by atoms with Crippen LogP contribution in [0.2, 0.25) is 0 Å². The molecule has 0 aliphatic heterocycles. The third-order valence-electron chi connectivity index (χ3n) is 5.29. The van der Waals surface area contributed by atoms with Crippen molar-refractivity contribution < 1.29 is 10.2 Å². The molecule has 3 atom stereocenters. The van der Waals surface area contributed by atoms with Gasteiger partial charge in [-0.2, -0.15) is 0 Å². The van der Waals surface area contributed by atoms with Crippen LogP contribution in [-0.2, 0) is 0 Å². The van der Waals surface area contributed by atoms with Crippen molar-refractivity contribution in [2.24, 2.45) is 5.92 Å². The molecular formula is C17H18O2. The lowest BCUT2D eigenvalue weighted by atomic mass is 9.87. The number of fused-ring (bicyclic) bond motifs is 6. The largest absolute Gasteiger partial charge is 0.507 e. The van der Waals surface area contributed by atoms with Crippen molar-refractivity contribution in [1.82, 2.24) is 0 Å². The highest BCUT2D eigenvalue weighted by molar-refractivity contribution is 5.97. The van der Waals surface area contributed by atoms with Gasteiger partial charge in [-0.1, -0.05) is 24.6 Å². The Bertz CT molecular complexity index is 702. The third-order valence-corrected chi connectivity index (χ3v) is 5.29. The number of phenols is 2. The van der Waals surface area contributed by atoms with Gasteiger partial charge in [-0.15, -0.1) is 0 Å². The van der Waals surface area contributed by atoms with Crippen molar-refractivity contribution in [3.8, 4) is 11.5 Å². The molecule has 2 aromatic carbocycles. The van der Waals surface area contributed by atoms with Crippen LogP contribution in [0.15, 0.2) is 18.2 Å². The van der Waals surface area contributed by atoms with Crippen LogP contribution in [0, 0.1) is 12.8 Å². The molecule has 2 nitrogen and oxygen atoms in total. The summed E-state index contributed by atoms with van der Waals surface area (Å²) >= 11 is 0. The van der Waals surface area contributed by atoms with Crippen molar-refractivity contribution in [3.05, 3.63) is 34.9 Å². The number of hydrogen-bond donors (Lipinski definition) is 2. The van der Waals surface area contributed by atoms with E-state index in [9.17, 15) is 10.2 Å². The molecule has 98 valence electrons. The molecule has 3 unspecified atom stereocenters. The predicted octanol–water partition coefficient (Wildman–Crippen LogP) is 4.17. The zero-order valence-electron chi connectivity index (χ0n) is 11.3. The van der Waals surface area contributed by atoms with Gasteiger partial charge in [-0.3, -0.25) is 0 Å². The van der Waals surface area contributed by atoms with Gasteiger partial charge in [0.15, 0.2) is 0 Å². The summed E-state index contributed by atoms with van der Waals surface area (Å²) in [6, 6.07) is 5.89. The fourth-order valence-corrected chi connectivity index (χ4v) is 4.34. The smallest absolute Gasteiger partial charge is 0.127 e. The second-order valence-electron chi connectivity index (χ2n) is 6.22. The molecule has 1 saturated carbocycles. The summed E-state index contributed by atoms with van der Waals surface area (Å²) in [5.74, 6) is 2.21. The molecule has 2 aromatic rings. The van der Waals surface area contributed by atoms with Crippen molar-refractivity contribution in [3.63, 3.8) is 0 Å². The number of aromatic hydroxyl groups is 2. The Labute approximate surface area is 112 Å². The van der Waals surface area contributed by atoms with Gasteiger partial charge in [-0.05, 0) is 43.6 Å². The lowest BCUT2D eigenvalue weighted by Gasteiger charge is -2.20. The molecule has 19 heavy (non-hydrogen) atoms. The summed E-state index contributed by atoms with van der Waals surface area (Å²) < 4.78 is 0. The van der Waals surface area contributed by atoms with Gasteiger partial charge >= 0.3 is 0 Å². The molecule has 4 rings (SSSR count). The lowest BCUT2D eigenvalue weighted by Crippen LogP contribution is -1.99. The monoisotopic (exact) mass is 254 g/mol. The van der Waals surface area contributed by atoms with Gasteiger partial charge in [-0.25, -0.2) is 0 Å². The molecule has 0 spiro atoms. The molecule has 2 N–H and O–H groups in total. The second kappa shape index (κ2) is 3.44. The minimum atomic E-state index is 0.404. The Morgan fingerprint density at radius 2 is 1.53 bits per heavy atom. The molecule has 0 heterocycles. The maximum absolute atomic E-state index is 10.6. The van der Waals surface area contributed by atoms with E-state index < -0.39 is 0 Å². The summed E-state index contributed by atoms with van der Waals surface area (Å²) in [5, 5.41) is 22.9. The first-order valence-corrected chi connectivity index (χ1v) is 7.07. The van der Waals surface area contributed by atoms with Crippen molar-refractivity contribution in [1.29, 1.82) is 0 Å². The van der Waals surface area contributed by atoms with Crippen LogP contribution in [0.25, 0.3) is 10.8 Å². The number of benzene rings is 2. The normalized spacial score (nSPS) is 28.0. The van der Waals surface area contributed by atoms with E-state index in [1.807, 2.05) is 25.1 Å². The molecule has 0 saturated heterocycles. The van der Waals surface area contributed by atoms with Crippen molar-refractivity contribution in [2.45, 2.75) is 38.5 Å². The average Bonchev–Trinajstić information content (AvgIpc) is 2.89. The zero-order valence-corrected chi connectivity index (χ0v) is 11.3. The van der Waals surface area contributed by atoms with Gasteiger partial charge in [0.05, 0.1) is 0 Å². The van der Waals surface area contributed by atoms with Crippen molar-refractivity contribution >= 4 is 10.8 Å². The molecule has 2 aliphatic carbocycles. The van der Waals surface area contributed by atoms with Gasteiger partial charge in [0.25, 0.3) is 0 Å². The highest BCUT2D eigenvalue weighted by atomic mass is 16.3. The topological polar surface area (TPSA) is 40.5 Å². The van der Waals surface area contributed by atoms with Gasteiger partial charge in [0.1, 0.15) is 11.5 Å². The van der Waals surface area contributed by atoms with Crippen LogP contribution in [0.5, 0.6) is 11.5 Å². The molecule has 0 aromatic heterocycles. The number of aryl methyl sites for hydroxylation is 1. The minimum Gasteiger partial charge on any atom is -0.507 e. The molecule has 1 fully saturated rings. The summed E-state index contributed by atoms with van der Waals surface area (Å²) in [5.41, 5.74) is 3.16. The maximum Gasteiger partial charge on any atom is 0.127 e. The van der Waals surface area contributed by atoms with Crippen LogP contribution in [0.4, 0.5) is 0 Å². The van der Waals surface area contributed by atoms with E-state index in [0.29, 0.717) is 29.3 Å². The highest BCUT2D eigenvalue weighted by Crippen LogP contribution is 2.63. The highest BCUT2D eigenvalue weighted by Gasteiger charge is 2.47. The summed E-state index contributed by atoms with van der Waals surface area (Å²) in [6.45, 7) is 4.26. The van der Waals surface area contributed by atoms with E-state index in [1.54, 1.807) is 0 Å². The molecule has 2 heteroatoms. The standard InChI is InChI=1S/C17H18O2/c1-8-3-4-12-13(7-8)17(19)15-11-6-5-10(9(11)2)14(15)16(12)18/h3-4,7,9-11,18-19H,5-6H2,1-2H3. The van der Waals surface area contributed by atoms with E-state index >= 15 is 0 Å². The number of phenolic OH excluding ortho intramolecular Hbond substituents is 2. The fourth-order valence-electron chi connectivity index (χ4n) is 4.34. The van der Waals surface area contributed by atoms with E-state index in [2.05, 4.69) is 6.92 Å². The van der Waals surface area contributed by atoms with Gasteiger partial charge < -0.3 is 10.2 Å². The van der Waals surface area contributed by atoms with Crippen LogP contribution in [0.1, 0.15) is 48.3 Å². The SMILES string of the molecule is Cc1ccc2c(O)c3c(c(O)c2c1)C1CCC3C1C. The number of rotatable bonds is 0. The van der Waals surface area contributed by atoms with Crippen LogP contribution in [-0.4, -0.2) is 10.2 Å². The second-order valence-corrected chi connectivity index (χ2v) is 6.22. The van der Waals surface area contributed by atoms with E-state index in [-0.39, 0.29) is 0 Å². The fraction of sp³-hybridized carbons (Fsp3) is 0.412. The summed E-state index contributed by atoms with van der Waals surface area (Å²) in [6.07, 6.45) is 2.28. The van der Waals surface area contributed by atoms with E-state index in [0.717, 1.165) is 40.3 Å². The average molecular weight is 254 g/mol. The minimum absolute atomic E-state index is 0.404. The van der Waals surface area contributed by atoms with Crippen LogP contribution in [0.3, 0.4) is 0 Å². The Morgan fingerprint density at radius 1 is 0.947 bits per heavy atom. The maximum atomic E-state index is 10.6. The zero-order chi connectivity index (χ0) is 13.3. The van der Waals surface area contributed by atoms with Crippen LogP contribution < -0.4 is 0 Å². The summed E-state index contributed by atoms with van der Waals surface area (Å²) in [7, 11) is 0. The Morgan fingerprint density at radius 3 is 2.16 bits per heavy atom. The first-order chi connectivity index (χ1) is 9.09. The first kappa shape index (κ1) is 11.2. The van der Waals surface area contributed by atoms with Crippen molar-refractivity contribution in [2.75, 3.05) is 0 Å². The first-order valence-electron chi connectivity index (χ1n) is 7.07. The molecule has 2 bridgehead atoms. The lowest BCUT2D eigenvalue weighted by molar-refractivity contribution is 0.452. The molecule has 0 radical (unpaired) electrons. The molecule has 0 amide bonds. The molecular weight excluding hydrogens is 236 g/mol. The van der Waals surface area contributed by atoms with Gasteiger partial charge in [0, 0.05) is 21.9 Å². The Balaban J connectivity index is 2.15. The Hall–Kier alpha value is -1.70. The van der Waals surface area contributed by atoms with E-state index in [4.69, 9.17) is 0 Å². The molecule has 2 aliphatic rings.